The van der Waals surface area contributed by atoms with Crippen LogP contribution in [0, 0.1) is 5.82 Å². The molecule has 0 bridgehead atoms. The number of hydrogen-bond acceptors (Lipinski definition) is 1. The van der Waals surface area contributed by atoms with Gasteiger partial charge in [0.25, 0.3) is 0 Å². The van der Waals surface area contributed by atoms with Crippen LogP contribution in [0.3, 0.4) is 0 Å². The molecule has 0 amide bonds. The molecule has 0 aliphatic carbocycles. The van der Waals surface area contributed by atoms with E-state index in [4.69, 9.17) is 28.9 Å². The number of rotatable bonds is 2. The zero-order chi connectivity index (χ0) is 10.0. The maximum Gasteiger partial charge on any atom is 0.143 e. The van der Waals surface area contributed by atoms with E-state index in [1.165, 1.54) is 6.07 Å². The Balaban J connectivity index is 3.13. The highest BCUT2D eigenvalue weighted by Gasteiger charge is 2.11. The first-order valence-electron chi connectivity index (χ1n) is 3.52. The highest BCUT2D eigenvalue weighted by molar-refractivity contribution is 6.42. The van der Waals surface area contributed by atoms with Crippen molar-refractivity contribution < 1.29 is 8.78 Å². The number of hydrogen-bond donors (Lipinski definition) is 1. The van der Waals surface area contributed by atoms with Crippen molar-refractivity contribution in [2.75, 3.05) is 6.67 Å². The van der Waals surface area contributed by atoms with Gasteiger partial charge in [-0.05, 0) is 17.7 Å². The molecule has 1 rings (SSSR count). The first-order valence-corrected chi connectivity index (χ1v) is 4.28. The predicted molar refractivity (Wildman–Crippen MR) is 49.3 cm³/mol. The molecule has 13 heavy (non-hydrogen) atoms. The lowest BCUT2D eigenvalue weighted by atomic mass is 10.1. The number of nitrogens with two attached hydrogens (primary N) is 1. The minimum atomic E-state index is -0.857. The van der Waals surface area contributed by atoms with Gasteiger partial charge in [0.1, 0.15) is 12.5 Å². The van der Waals surface area contributed by atoms with Gasteiger partial charge in [-0.25, -0.2) is 8.78 Å². The smallest absolute Gasteiger partial charge is 0.143 e. The molecule has 0 fully saturated rings. The van der Waals surface area contributed by atoms with Crippen LogP contribution in [0.2, 0.25) is 10.0 Å². The summed E-state index contributed by atoms with van der Waals surface area (Å²) in [5, 5.41) is -0.128. The quantitative estimate of drug-likeness (QED) is 0.770. The lowest BCUT2D eigenvalue weighted by Gasteiger charge is -2.08. The van der Waals surface area contributed by atoms with Crippen molar-refractivity contribution in [2.24, 2.45) is 5.73 Å². The zero-order valence-electron chi connectivity index (χ0n) is 6.53. The Morgan fingerprint density at radius 3 is 2.46 bits per heavy atom. The molecule has 0 aliphatic heterocycles. The Labute approximate surface area is 84.4 Å². The minimum Gasteiger partial charge on any atom is -0.322 e. The molecular formula is C8H7Cl2F2N. The molecule has 5 heteroatoms. The standard InChI is InChI=1S/C8H7Cl2F2N/c9-5-1-4(7(13)3-11)2-6(12)8(5)10/h1-2,7H,3,13H2. The molecule has 0 aromatic heterocycles. The first-order chi connectivity index (χ1) is 6.06. The van der Waals surface area contributed by atoms with Crippen LogP contribution in [-0.4, -0.2) is 6.67 Å². The highest BCUT2D eigenvalue weighted by Crippen LogP contribution is 2.28. The van der Waals surface area contributed by atoms with E-state index in [1.54, 1.807) is 0 Å². The monoisotopic (exact) mass is 225 g/mol. The van der Waals surface area contributed by atoms with Crippen LogP contribution < -0.4 is 5.73 Å². The summed E-state index contributed by atoms with van der Waals surface area (Å²) in [6.45, 7) is -0.766. The molecule has 0 radical (unpaired) electrons. The van der Waals surface area contributed by atoms with E-state index in [9.17, 15) is 8.78 Å². The lowest BCUT2D eigenvalue weighted by molar-refractivity contribution is 0.436. The van der Waals surface area contributed by atoms with E-state index in [2.05, 4.69) is 0 Å². The van der Waals surface area contributed by atoms with Gasteiger partial charge < -0.3 is 5.73 Å². The van der Waals surface area contributed by atoms with E-state index in [-0.39, 0.29) is 10.0 Å². The summed E-state index contributed by atoms with van der Waals surface area (Å²) in [6.07, 6.45) is 0. The van der Waals surface area contributed by atoms with Crippen molar-refractivity contribution in [1.29, 1.82) is 0 Å². The summed E-state index contributed by atoms with van der Waals surface area (Å²) in [5.41, 5.74) is 5.64. The van der Waals surface area contributed by atoms with E-state index in [1.807, 2.05) is 0 Å². The summed E-state index contributed by atoms with van der Waals surface area (Å²) in [6, 6.07) is 1.58. The average Bonchev–Trinajstić information content (AvgIpc) is 2.12. The molecule has 0 spiro atoms. The van der Waals surface area contributed by atoms with Crippen molar-refractivity contribution in [3.8, 4) is 0 Å². The van der Waals surface area contributed by atoms with Gasteiger partial charge in [0.15, 0.2) is 0 Å². The number of alkyl halides is 1. The van der Waals surface area contributed by atoms with Crippen molar-refractivity contribution >= 4 is 23.2 Å². The average molecular weight is 226 g/mol. The second-order valence-corrected chi connectivity index (χ2v) is 3.34. The molecule has 2 N–H and O–H groups in total. The molecule has 0 saturated carbocycles. The SMILES string of the molecule is NC(CF)c1cc(F)c(Cl)c(Cl)c1. The fourth-order valence-electron chi connectivity index (χ4n) is 0.878. The molecule has 0 aliphatic rings. The summed E-state index contributed by atoms with van der Waals surface area (Å²) in [5.74, 6) is -0.687. The van der Waals surface area contributed by atoms with Crippen molar-refractivity contribution in [3.63, 3.8) is 0 Å². The molecule has 1 unspecified atom stereocenters. The van der Waals surface area contributed by atoms with Gasteiger partial charge in [0.05, 0.1) is 16.1 Å². The Kier molecular flexibility index (Phi) is 3.47. The molecule has 1 aromatic rings. The van der Waals surface area contributed by atoms with Gasteiger partial charge in [-0.2, -0.15) is 0 Å². The molecule has 1 atom stereocenters. The Hall–Kier alpha value is -0.380. The molecule has 72 valence electrons. The fraction of sp³-hybridized carbons (Fsp3) is 0.250. The topological polar surface area (TPSA) is 26.0 Å². The first kappa shape index (κ1) is 10.7. The highest BCUT2D eigenvalue weighted by atomic mass is 35.5. The molecule has 1 nitrogen and oxygen atoms in total. The Bertz CT molecular complexity index is 294. The van der Waals surface area contributed by atoms with Crippen molar-refractivity contribution in [1.82, 2.24) is 0 Å². The number of halogens is 4. The van der Waals surface area contributed by atoms with E-state index in [0.717, 1.165) is 6.07 Å². The summed E-state index contributed by atoms with van der Waals surface area (Å²) >= 11 is 11.0. The van der Waals surface area contributed by atoms with Gasteiger partial charge in [0, 0.05) is 0 Å². The third kappa shape index (κ3) is 2.30. The van der Waals surface area contributed by atoms with E-state index < -0.39 is 18.5 Å². The maximum atomic E-state index is 12.9. The third-order valence-electron chi connectivity index (χ3n) is 1.60. The van der Waals surface area contributed by atoms with Crippen LogP contribution in [0.1, 0.15) is 11.6 Å². The van der Waals surface area contributed by atoms with E-state index >= 15 is 0 Å². The van der Waals surface area contributed by atoms with Gasteiger partial charge in [-0.15, -0.1) is 0 Å². The summed E-state index contributed by atoms with van der Waals surface area (Å²) < 4.78 is 25.1. The van der Waals surface area contributed by atoms with Crippen molar-refractivity contribution in [3.05, 3.63) is 33.6 Å². The normalized spacial score (nSPS) is 13.0. The second kappa shape index (κ2) is 4.22. The fourth-order valence-corrected chi connectivity index (χ4v) is 1.20. The predicted octanol–water partition coefficient (Wildman–Crippen LogP) is 3.10. The van der Waals surface area contributed by atoms with Gasteiger partial charge in [-0.3, -0.25) is 0 Å². The van der Waals surface area contributed by atoms with Crippen LogP contribution in [0.15, 0.2) is 12.1 Å². The van der Waals surface area contributed by atoms with Crippen LogP contribution in [0.5, 0.6) is 0 Å². The maximum absolute atomic E-state index is 12.9. The largest absolute Gasteiger partial charge is 0.322 e. The van der Waals surface area contributed by atoms with Gasteiger partial charge in [0.2, 0.25) is 0 Å². The number of benzene rings is 1. The summed E-state index contributed by atoms with van der Waals surface area (Å²) in [7, 11) is 0. The summed E-state index contributed by atoms with van der Waals surface area (Å²) in [4.78, 5) is 0. The zero-order valence-corrected chi connectivity index (χ0v) is 8.04. The molecular weight excluding hydrogens is 219 g/mol. The lowest BCUT2D eigenvalue weighted by Crippen LogP contribution is -2.12. The van der Waals surface area contributed by atoms with Crippen molar-refractivity contribution in [2.45, 2.75) is 6.04 Å². The Morgan fingerprint density at radius 1 is 1.38 bits per heavy atom. The minimum absolute atomic E-state index is 0.0422. The van der Waals surface area contributed by atoms with Crippen LogP contribution in [0.25, 0.3) is 0 Å². The van der Waals surface area contributed by atoms with Crippen LogP contribution in [0.4, 0.5) is 8.78 Å². The molecule has 0 saturated heterocycles. The van der Waals surface area contributed by atoms with E-state index in [0.29, 0.717) is 5.56 Å². The van der Waals surface area contributed by atoms with Crippen LogP contribution in [-0.2, 0) is 0 Å². The third-order valence-corrected chi connectivity index (χ3v) is 2.38. The Morgan fingerprint density at radius 2 is 2.00 bits per heavy atom. The van der Waals surface area contributed by atoms with Crippen LogP contribution >= 0.6 is 23.2 Å². The molecule has 1 aromatic carbocycles. The van der Waals surface area contributed by atoms with Gasteiger partial charge in [-0.1, -0.05) is 23.2 Å². The molecule has 0 heterocycles. The second-order valence-electron chi connectivity index (χ2n) is 2.56. The van der Waals surface area contributed by atoms with Gasteiger partial charge >= 0.3 is 0 Å².